The Labute approximate surface area is 182 Å². The van der Waals surface area contributed by atoms with Crippen LogP contribution in [-0.4, -0.2) is 26.9 Å². The molecule has 0 aliphatic carbocycles. The molecular weight excluding hydrogens is 426 g/mol. The fourth-order valence-corrected chi connectivity index (χ4v) is 3.71. The van der Waals surface area contributed by atoms with Crippen molar-refractivity contribution in [3.8, 4) is 17.1 Å². The number of fused-ring (bicyclic) bond motifs is 1. The lowest BCUT2D eigenvalue weighted by molar-refractivity contribution is 0.0814. The molecule has 2 aromatic carbocycles. The first-order valence-electron chi connectivity index (χ1n) is 9.60. The van der Waals surface area contributed by atoms with Gasteiger partial charge in [-0.3, -0.25) is 4.79 Å². The number of nitrogens with zero attached hydrogens (tertiary/aromatic N) is 4. The molecule has 31 heavy (non-hydrogen) atoms. The zero-order valence-corrected chi connectivity index (χ0v) is 18.0. The van der Waals surface area contributed by atoms with Gasteiger partial charge >= 0.3 is 0 Å². The minimum Gasteiger partial charge on any atom is -0.474 e. The Kier molecular flexibility index (Phi) is 5.13. The van der Waals surface area contributed by atoms with E-state index in [2.05, 4.69) is 15.2 Å². The zero-order chi connectivity index (χ0) is 22.5. The highest BCUT2D eigenvalue weighted by Crippen LogP contribution is 2.35. The van der Waals surface area contributed by atoms with E-state index in [0.29, 0.717) is 22.8 Å². The van der Waals surface area contributed by atoms with E-state index in [4.69, 9.17) is 16.3 Å². The van der Waals surface area contributed by atoms with Crippen LogP contribution < -0.4 is 4.74 Å². The SMILES string of the molecule is CC(C)n1c(-c2ccc3c(c2)C=NC3=O)nnc1C(C)(C)Oc1c(F)cc(Cl)cc1F. The van der Waals surface area contributed by atoms with Crippen LogP contribution in [0.5, 0.6) is 5.75 Å². The summed E-state index contributed by atoms with van der Waals surface area (Å²) in [6.07, 6.45) is 1.51. The zero-order valence-electron chi connectivity index (χ0n) is 17.3. The van der Waals surface area contributed by atoms with Gasteiger partial charge in [0.25, 0.3) is 5.91 Å². The molecule has 1 aromatic heterocycles. The number of rotatable bonds is 5. The quantitative estimate of drug-likeness (QED) is 0.532. The van der Waals surface area contributed by atoms with Crippen LogP contribution in [0.3, 0.4) is 0 Å². The summed E-state index contributed by atoms with van der Waals surface area (Å²) in [6, 6.07) is 7.16. The number of hydrogen-bond donors (Lipinski definition) is 0. The molecule has 0 atom stereocenters. The Bertz CT molecular complexity index is 1210. The van der Waals surface area contributed by atoms with Crippen LogP contribution in [0.2, 0.25) is 5.02 Å². The van der Waals surface area contributed by atoms with Crippen molar-refractivity contribution in [3.63, 3.8) is 0 Å². The van der Waals surface area contributed by atoms with Gasteiger partial charge in [-0.1, -0.05) is 17.7 Å². The largest absolute Gasteiger partial charge is 0.474 e. The molecule has 0 spiro atoms. The van der Waals surface area contributed by atoms with Crippen molar-refractivity contribution < 1.29 is 18.3 Å². The number of aromatic nitrogens is 3. The molecule has 6 nitrogen and oxygen atoms in total. The summed E-state index contributed by atoms with van der Waals surface area (Å²) in [5, 5.41) is 8.53. The molecule has 0 saturated heterocycles. The summed E-state index contributed by atoms with van der Waals surface area (Å²) in [4.78, 5) is 15.6. The van der Waals surface area contributed by atoms with E-state index >= 15 is 0 Å². The topological polar surface area (TPSA) is 69.4 Å². The van der Waals surface area contributed by atoms with E-state index in [1.807, 2.05) is 24.5 Å². The molecule has 2 heterocycles. The van der Waals surface area contributed by atoms with Crippen LogP contribution in [0.4, 0.5) is 8.78 Å². The fourth-order valence-electron chi connectivity index (χ4n) is 3.52. The van der Waals surface area contributed by atoms with Crippen LogP contribution >= 0.6 is 11.6 Å². The number of carbonyl (C=O) groups is 1. The minimum absolute atomic E-state index is 0.0635. The standard InChI is InChI=1S/C22H19ClF2N4O2/c1-11(2)29-19(12-5-6-15-13(7-12)10-26-20(15)30)27-28-21(29)22(3,4)31-18-16(24)8-14(23)9-17(18)25/h5-11H,1-4H3. The van der Waals surface area contributed by atoms with Crippen LogP contribution in [0.25, 0.3) is 11.4 Å². The lowest BCUT2D eigenvalue weighted by Crippen LogP contribution is -2.31. The number of amides is 1. The average Bonchev–Trinajstić information content (AvgIpc) is 3.29. The molecule has 4 rings (SSSR count). The van der Waals surface area contributed by atoms with E-state index in [1.54, 1.807) is 26.0 Å². The van der Waals surface area contributed by atoms with Crippen LogP contribution in [0.15, 0.2) is 35.3 Å². The van der Waals surface area contributed by atoms with Crippen LogP contribution in [-0.2, 0) is 5.60 Å². The predicted molar refractivity (Wildman–Crippen MR) is 113 cm³/mol. The van der Waals surface area contributed by atoms with Gasteiger partial charge in [0.05, 0.1) is 5.56 Å². The molecule has 0 bridgehead atoms. The number of ether oxygens (including phenoxy) is 1. The second-order valence-electron chi connectivity index (χ2n) is 7.99. The summed E-state index contributed by atoms with van der Waals surface area (Å²) in [5.74, 6) is -1.71. The second-order valence-corrected chi connectivity index (χ2v) is 8.42. The van der Waals surface area contributed by atoms with Crippen molar-refractivity contribution >= 4 is 23.7 Å². The van der Waals surface area contributed by atoms with Gasteiger partial charge < -0.3 is 9.30 Å². The van der Waals surface area contributed by atoms with Crippen molar-refractivity contribution in [1.82, 2.24) is 14.8 Å². The molecule has 9 heteroatoms. The van der Waals surface area contributed by atoms with Gasteiger partial charge in [0, 0.05) is 28.4 Å². The van der Waals surface area contributed by atoms with E-state index < -0.39 is 23.0 Å². The summed E-state index contributed by atoms with van der Waals surface area (Å²) in [7, 11) is 0. The third kappa shape index (κ3) is 3.72. The van der Waals surface area contributed by atoms with Crippen molar-refractivity contribution in [3.05, 3.63) is 63.9 Å². The fraction of sp³-hybridized carbons (Fsp3) is 0.273. The molecule has 0 unspecified atom stereocenters. The number of aliphatic imine (C=N–C) groups is 1. The molecule has 0 saturated carbocycles. The summed E-state index contributed by atoms with van der Waals surface area (Å²) in [5.41, 5.74) is 0.728. The smallest absolute Gasteiger partial charge is 0.277 e. The lowest BCUT2D eigenvalue weighted by atomic mass is 10.0. The second kappa shape index (κ2) is 7.53. The molecule has 0 fully saturated rings. The van der Waals surface area contributed by atoms with E-state index in [-0.39, 0.29) is 17.0 Å². The molecule has 0 N–H and O–H groups in total. The predicted octanol–water partition coefficient (Wildman–Crippen LogP) is 5.34. The van der Waals surface area contributed by atoms with Crippen molar-refractivity contribution in [2.75, 3.05) is 0 Å². The molecule has 3 aromatic rings. The van der Waals surface area contributed by atoms with E-state index in [1.165, 1.54) is 6.21 Å². The third-order valence-electron chi connectivity index (χ3n) is 4.93. The summed E-state index contributed by atoms with van der Waals surface area (Å²) < 4.78 is 36.2. The Morgan fingerprint density at radius 3 is 2.42 bits per heavy atom. The lowest BCUT2D eigenvalue weighted by Gasteiger charge is -2.28. The third-order valence-corrected chi connectivity index (χ3v) is 5.15. The van der Waals surface area contributed by atoms with Crippen LogP contribution in [0.1, 0.15) is 55.5 Å². The average molecular weight is 445 g/mol. The monoisotopic (exact) mass is 444 g/mol. The van der Waals surface area contributed by atoms with Gasteiger partial charge in [-0.25, -0.2) is 13.8 Å². The first-order valence-corrected chi connectivity index (χ1v) is 9.98. The molecule has 0 radical (unpaired) electrons. The number of halogens is 3. The van der Waals surface area contributed by atoms with Crippen molar-refractivity contribution in [1.29, 1.82) is 0 Å². The van der Waals surface area contributed by atoms with Gasteiger partial charge in [0.1, 0.15) is 0 Å². The highest BCUT2D eigenvalue weighted by atomic mass is 35.5. The number of carbonyl (C=O) groups excluding carboxylic acids is 1. The highest BCUT2D eigenvalue weighted by molar-refractivity contribution is 6.30. The Hall–Kier alpha value is -3.13. The highest BCUT2D eigenvalue weighted by Gasteiger charge is 2.34. The Morgan fingerprint density at radius 2 is 1.77 bits per heavy atom. The summed E-state index contributed by atoms with van der Waals surface area (Å²) >= 11 is 5.71. The molecule has 1 amide bonds. The first-order chi connectivity index (χ1) is 14.6. The Balaban J connectivity index is 1.77. The Morgan fingerprint density at radius 1 is 1.10 bits per heavy atom. The van der Waals surface area contributed by atoms with Gasteiger partial charge in [-0.15, -0.1) is 10.2 Å². The van der Waals surface area contributed by atoms with Gasteiger partial charge in [-0.2, -0.15) is 0 Å². The maximum atomic E-state index is 14.3. The molecule has 160 valence electrons. The molecular formula is C22H19ClF2N4O2. The minimum atomic E-state index is -1.22. The van der Waals surface area contributed by atoms with Gasteiger partial charge in [0.2, 0.25) is 0 Å². The maximum Gasteiger partial charge on any atom is 0.277 e. The van der Waals surface area contributed by atoms with Crippen molar-refractivity contribution in [2.24, 2.45) is 4.99 Å². The number of benzene rings is 2. The van der Waals surface area contributed by atoms with Crippen molar-refractivity contribution in [2.45, 2.75) is 39.3 Å². The maximum absolute atomic E-state index is 14.3. The van der Waals surface area contributed by atoms with E-state index in [0.717, 1.165) is 17.7 Å². The van der Waals surface area contributed by atoms with Gasteiger partial charge in [-0.05, 0) is 52.0 Å². The normalized spacial score (nSPS) is 13.2. The molecule has 1 aliphatic rings. The summed E-state index contributed by atoms with van der Waals surface area (Å²) in [6.45, 7) is 7.19. The number of hydrogen-bond acceptors (Lipinski definition) is 4. The van der Waals surface area contributed by atoms with Gasteiger partial charge in [0.15, 0.2) is 34.6 Å². The first kappa shape index (κ1) is 21.1. The molecule has 1 aliphatic heterocycles. The van der Waals surface area contributed by atoms with Crippen LogP contribution in [0, 0.1) is 11.6 Å². The van der Waals surface area contributed by atoms with E-state index in [9.17, 15) is 13.6 Å².